The van der Waals surface area contributed by atoms with Crippen LogP contribution in [0, 0.1) is 0 Å². The molecule has 0 bridgehead atoms. The van der Waals surface area contributed by atoms with Crippen LogP contribution in [0.1, 0.15) is 11.3 Å². The predicted octanol–water partition coefficient (Wildman–Crippen LogP) is 6.12. The summed E-state index contributed by atoms with van der Waals surface area (Å²) in [6.07, 6.45) is 0. The Morgan fingerprint density at radius 2 is 1.71 bits per heavy atom. The summed E-state index contributed by atoms with van der Waals surface area (Å²) in [5.41, 5.74) is 1.57. The van der Waals surface area contributed by atoms with Gasteiger partial charge in [0, 0.05) is 20.9 Å². The van der Waals surface area contributed by atoms with E-state index in [2.05, 4.69) is 0 Å². The molecule has 1 N–H and O–H groups in total. The van der Waals surface area contributed by atoms with Crippen LogP contribution in [0.25, 0.3) is 0 Å². The average Bonchev–Trinajstić information content (AvgIpc) is 3.44. The molecule has 0 spiro atoms. The monoisotopic (exact) mass is 512 g/mol. The van der Waals surface area contributed by atoms with Crippen LogP contribution >= 0.6 is 35.1 Å². The molecule has 9 heteroatoms. The second kappa shape index (κ2) is 10.2. The number of hydrogen-bond acceptors (Lipinski definition) is 7. The van der Waals surface area contributed by atoms with Gasteiger partial charge in [-0.15, -0.1) is 0 Å². The molecule has 2 heterocycles. The van der Waals surface area contributed by atoms with Gasteiger partial charge in [0.1, 0.15) is 10.8 Å². The summed E-state index contributed by atoms with van der Waals surface area (Å²) >= 11 is 9.62. The number of fused-ring (bicyclic) bond motifs is 1. The molecule has 0 fully saturated rings. The smallest absolute Gasteiger partial charge is 0.231 e. The number of benzene rings is 3. The first kappa shape index (κ1) is 23.0. The van der Waals surface area contributed by atoms with Gasteiger partial charge in [-0.25, -0.2) is 4.98 Å². The number of methoxy groups -OCH3 is 1. The minimum atomic E-state index is -0.164. The number of nitrogens with zero attached hydrogens (tertiary/aromatic N) is 2. The van der Waals surface area contributed by atoms with Gasteiger partial charge in [-0.05, 0) is 48.0 Å². The second-order valence-corrected chi connectivity index (χ2v) is 9.89. The van der Waals surface area contributed by atoms with Crippen LogP contribution in [-0.2, 0) is 13.2 Å². The number of ether oxygens (including phenoxy) is 3. The minimum Gasteiger partial charge on any atom is -0.497 e. The lowest BCUT2D eigenvalue weighted by Crippen LogP contribution is -2.07. The summed E-state index contributed by atoms with van der Waals surface area (Å²) in [5, 5.41) is 12.4. The lowest BCUT2D eigenvalue weighted by molar-refractivity contribution is 0.174. The number of hydrogen-bond donors (Lipinski definition) is 1. The third-order valence-corrected chi connectivity index (χ3v) is 7.63. The van der Waals surface area contributed by atoms with Gasteiger partial charge >= 0.3 is 0 Å². The Bertz CT molecular complexity index is 1300. The van der Waals surface area contributed by atoms with E-state index in [0.717, 1.165) is 31.3 Å². The Morgan fingerprint density at radius 1 is 1.00 bits per heavy atom. The third kappa shape index (κ3) is 4.86. The van der Waals surface area contributed by atoms with Gasteiger partial charge in [0.25, 0.3) is 0 Å². The number of aromatic nitrogens is 2. The first-order valence-corrected chi connectivity index (χ1v) is 12.5. The molecule has 5 rings (SSSR count). The van der Waals surface area contributed by atoms with Crippen molar-refractivity contribution in [3.8, 4) is 17.2 Å². The van der Waals surface area contributed by atoms with Crippen LogP contribution in [0.3, 0.4) is 0 Å². The largest absolute Gasteiger partial charge is 0.497 e. The summed E-state index contributed by atoms with van der Waals surface area (Å²) in [6.45, 7) is 0.444. The highest BCUT2D eigenvalue weighted by Gasteiger charge is 2.22. The molecule has 0 saturated carbocycles. The number of aliphatic hydroxyl groups excluding tert-OH is 1. The zero-order valence-electron chi connectivity index (χ0n) is 18.2. The highest BCUT2D eigenvalue weighted by molar-refractivity contribution is 8.00. The van der Waals surface area contributed by atoms with Crippen molar-refractivity contribution in [3.05, 3.63) is 83.0 Å². The summed E-state index contributed by atoms with van der Waals surface area (Å²) < 4.78 is 18.2. The van der Waals surface area contributed by atoms with E-state index in [1.165, 1.54) is 11.8 Å². The van der Waals surface area contributed by atoms with Crippen molar-refractivity contribution >= 4 is 35.1 Å². The van der Waals surface area contributed by atoms with Gasteiger partial charge in [-0.3, -0.25) is 0 Å². The minimum absolute atomic E-state index is 0.164. The summed E-state index contributed by atoms with van der Waals surface area (Å²) in [6, 6.07) is 21.4. The highest BCUT2D eigenvalue weighted by atomic mass is 35.5. The summed E-state index contributed by atoms with van der Waals surface area (Å²) in [7, 11) is 1.64. The quantitative estimate of drug-likeness (QED) is 0.305. The van der Waals surface area contributed by atoms with Gasteiger partial charge < -0.3 is 23.9 Å². The van der Waals surface area contributed by atoms with Gasteiger partial charge in [0.05, 0.1) is 26.0 Å². The van der Waals surface area contributed by atoms with Crippen LogP contribution in [-0.4, -0.2) is 28.6 Å². The topological polar surface area (TPSA) is 65.7 Å². The summed E-state index contributed by atoms with van der Waals surface area (Å²) in [4.78, 5) is 6.96. The molecular weight excluding hydrogens is 492 g/mol. The van der Waals surface area contributed by atoms with E-state index in [0.29, 0.717) is 28.8 Å². The molecule has 0 aliphatic carbocycles. The number of aliphatic hydroxyl groups is 1. The maximum absolute atomic E-state index is 10.4. The highest BCUT2D eigenvalue weighted by Crippen LogP contribution is 2.40. The van der Waals surface area contributed by atoms with Crippen molar-refractivity contribution in [2.45, 2.75) is 33.1 Å². The van der Waals surface area contributed by atoms with Gasteiger partial charge in [-0.1, -0.05) is 53.3 Å². The van der Waals surface area contributed by atoms with Crippen LogP contribution < -0.4 is 14.2 Å². The van der Waals surface area contributed by atoms with E-state index in [4.69, 9.17) is 30.8 Å². The van der Waals surface area contributed by atoms with E-state index in [1.807, 2.05) is 65.2 Å². The van der Waals surface area contributed by atoms with Crippen LogP contribution in [0.15, 0.2) is 86.7 Å². The molecule has 6 nitrogen and oxygen atoms in total. The predicted molar refractivity (Wildman–Crippen MR) is 133 cm³/mol. The fraction of sp³-hybridized carbons (Fsp3) is 0.160. The molecule has 34 heavy (non-hydrogen) atoms. The maximum Gasteiger partial charge on any atom is 0.231 e. The normalized spacial score (nSPS) is 12.2. The zero-order chi connectivity index (χ0) is 23.5. The van der Waals surface area contributed by atoms with Gasteiger partial charge in [-0.2, -0.15) is 0 Å². The number of rotatable bonds is 8. The van der Waals surface area contributed by atoms with Crippen LogP contribution in [0.4, 0.5) is 0 Å². The fourth-order valence-electron chi connectivity index (χ4n) is 3.52. The standard InChI is InChI=1S/C25H21ClN2O4S2/c1-30-17-7-9-19(10-8-17)33-24-21(14-29)28(25(27-24)34-18-5-3-2-4-6-18)13-16-11-22-23(12-20(16)26)32-15-31-22/h2-12,29H,13-15H2,1H3. The molecular formula is C25H21ClN2O4S2. The lowest BCUT2D eigenvalue weighted by atomic mass is 10.2. The Morgan fingerprint density at radius 3 is 2.41 bits per heavy atom. The van der Waals surface area contributed by atoms with Crippen molar-refractivity contribution in [1.29, 1.82) is 0 Å². The third-order valence-electron chi connectivity index (χ3n) is 5.25. The SMILES string of the molecule is COc1ccc(Sc2nc(Sc3ccccc3)n(Cc3cc4c(cc3Cl)OCO4)c2CO)cc1. The summed E-state index contributed by atoms with van der Waals surface area (Å²) in [5.74, 6) is 2.08. The molecule has 0 atom stereocenters. The fourth-order valence-corrected chi connectivity index (χ4v) is 5.64. The molecule has 0 amide bonds. The molecule has 3 aromatic carbocycles. The van der Waals surface area contributed by atoms with Crippen molar-refractivity contribution < 1.29 is 19.3 Å². The van der Waals surface area contributed by atoms with E-state index in [1.54, 1.807) is 24.9 Å². The van der Waals surface area contributed by atoms with Crippen molar-refractivity contribution in [1.82, 2.24) is 9.55 Å². The molecule has 1 aromatic heterocycles. The van der Waals surface area contributed by atoms with Crippen molar-refractivity contribution in [3.63, 3.8) is 0 Å². The Balaban J connectivity index is 1.53. The molecule has 1 aliphatic rings. The Kier molecular flexibility index (Phi) is 6.92. The maximum atomic E-state index is 10.4. The first-order chi connectivity index (χ1) is 16.6. The van der Waals surface area contributed by atoms with E-state index < -0.39 is 0 Å². The average molecular weight is 513 g/mol. The molecule has 4 aromatic rings. The molecule has 1 aliphatic heterocycles. The van der Waals surface area contributed by atoms with E-state index >= 15 is 0 Å². The molecule has 174 valence electrons. The van der Waals surface area contributed by atoms with Crippen molar-refractivity contribution in [2.24, 2.45) is 0 Å². The van der Waals surface area contributed by atoms with Crippen LogP contribution in [0.5, 0.6) is 17.2 Å². The van der Waals surface area contributed by atoms with E-state index in [9.17, 15) is 5.11 Å². The number of imidazole rings is 1. The Hall–Kier alpha value is -2.78. The van der Waals surface area contributed by atoms with E-state index in [-0.39, 0.29) is 13.4 Å². The van der Waals surface area contributed by atoms with Crippen LogP contribution in [0.2, 0.25) is 5.02 Å². The molecule has 0 radical (unpaired) electrons. The molecule has 0 unspecified atom stereocenters. The van der Waals surface area contributed by atoms with Gasteiger partial charge in [0.2, 0.25) is 6.79 Å². The van der Waals surface area contributed by atoms with Crippen molar-refractivity contribution in [2.75, 3.05) is 13.9 Å². The zero-order valence-corrected chi connectivity index (χ0v) is 20.6. The first-order valence-electron chi connectivity index (χ1n) is 10.5. The number of halogens is 1. The second-order valence-electron chi connectivity index (χ2n) is 7.38. The Labute approximate surface area is 210 Å². The molecule has 0 saturated heterocycles. The van der Waals surface area contributed by atoms with Gasteiger partial charge in [0.15, 0.2) is 16.7 Å². The lowest BCUT2D eigenvalue weighted by Gasteiger charge is -2.13.